The van der Waals surface area contributed by atoms with Gasteiger partial charge in [0, 0.05) is 29.5 Å². The minimum absolute atomic E-state index is 0.00984. The standard InChI is InChI=1S/C21H29NO3/c1-16-5-7-18(8-6-16)11-17(2)19(25)22-12-20(14-23)9-3-4-10-21(20,13-22)15-24/h5-8,11,23-24H,3-4,9-10,12-15H2,1-2H3/t20-,21+. The molecule has 4 nitrogen and oxygen atoms in total. The lowest BCUT2D eigenvalue weighted by atomic mass is 9.58. The third kappa shape index (κ3) is 3.13. The van der Waals surface area contributed by atoms with E-state index in [1.54, 1.807) is 0 Å². The van der Waals surface area contributed by atoms with Gasteiger partial charge in [-0.2, -0.15) is 0 Å². The van der Waals surface area contributed by atoms with Gasteiger partial charge in [-0.1, -0.05) is 42.7 Å². The average molecular weight is 343 g/mol. The molecular formula is C21H29NO3. The van der Waals surface area contributed by atoms with Crippen LogP contribution in [0.15, 0.2) is 29.8 Å². The van der Waals surface area contributed by atoms with Gasteiger partial charge in [-0.3, -0.25) is 4.79 Å². The maximum absolute atomic E-state index is 13.0. The van der Waals surface area contributed by atoms with Crippen molar-refractivity contribution in [2.24, 2.45) is 10.8 Å². The summed E-state index contributed by atoms with van der Waals surface area (Å²) < 4.78 is 0. The number of carbonyl (C=O) groups excluding carboxylic acids is 1. The quantitative estimate of drug-likeness (QED) is 0.827. The SMILES string of the molecule is CC(=Cc1ccc(C)cc1)C(=O)N1C[C@]2(CO)CCCC[C@]2(CO)C1. The minimum Gasteiger partial charge on any atom is -0.396 e. The zero-order valence-corrected chi connectivity index (χ0v) is 15.3. The van der Waals surface area contributed by atoms with E-state index >= 15 is 0 Å². The number of likely N-dealkylation sites (tertiary alicyclic amines) is 1. The summed E-state index contributed by atoms with van der Waals surface area (Å²) >= 11 is 0. The molecule has 0 unspecified atom stereocenters. The maximum Gasteiger partial charge on any atom is 0.249 e. The summed E-state index contributed by atoms with van der Waals surface area (Å²) in [5.41, 5.74) is 2.21. The topological polar surface area (TPSA) is 60.8 Å². The van der Waals surface area contributed by atoms with E-state index < -0.39 is 0 Å². The molecule has 1 aromatic rings. The van der Waals surface area contributed by atoms with E-state index in [0.717, 1.165) is 31.2 Å². The number of amides is 1. The Labute approximate surface area is 150 Å². The summed E-state index contributed by atoms with van der Waals surface area (Å²) in [4.78, 5) is 14.8. The van der Waals surface area contributed by atoms with Crippen LogP contribution >= 0.6 is 0 Å². The van der Waals surface area contributed by atoms with E-state index in [1.807, 2.05) is 49.1 Å². The molecule has 0 bridgehead atoms. The fourth-order valence-corrected chi connectivity index (χ4v) is 4.70. The molecule has 1 heterocycles. The van der Waals surface area contributed by atoms with Crippen molar-refractivity contribution in [2.75, 3.05) is 26.3 Å². The number of aryl methyl sites for hydroxylation is 1. The predicted octanol–water partition coefficient (Wildman–Crippen LogP) is 2.77. The van der Waals surface area contributed by atoms with Gasteiger partial charge in [0.1, 0.15) is 0 Å². The minimum atomic E-state index is -0.347. The fraction of sp³-hybridized carbons (Fsp3) is 0.571. The number of nitrogens with zero attached hydrogens (tertiary/aromatic N) is 1. The van der Waals surface area contributed by atoms with Crippen molar-refractivity contribution in [3.63, 3.8) is 0 Å². The molecule has 1 saturated heterocycles. The Morgan fingerprint density at radius 1 is 1.08 bits per heavy atom. The Kier molecular flexibility index (Phi) is 5.03. The summed E-state index contributed by atoms with van der Waals surface area (Å²) in [7, 11) is 0. The number of rotatable bonds is 4. The van der Waals surface area contributed by atoms with Gasteiger partial charge in [-0.25, -0.2) is 0 Å². The molecule has 1 amide bonds. The Bertz CT molecular complexity index is 644. The molecule has 0 radical (unpaired) electrons. The lowest BCUT2D eigenvalue weighted by Crippen LogP contribution is -2.48. The highest BCUT2D eigenvalue weighted by Gasteiger charge is 2.58. The molecule has 1 aliphatic carbocycles. The normalized spacial score (nSPS) is 29.6. The van der Waals surface area contributed by atoms with Crippen LogP contribution in [0.3, 0.4) is 0 Å². The second-order valence-corrected chi connectivity index (χ2v) is 7.98. The van der Waals surface area contributed by atoms with Crippen LogP contribution in [0.25, 0.3) is 6.08 Å². The Morgan fingerprint density at radius 3 is 2.08 bits per heavy atom. The van der Waals surface area contributed by atoms with Crippen molar-refractivity contribution in [3.05, 3.63) is 41.0 Å². The molecule has 136 valence electrons. The summed E-state index contributed by atoms with van der Waals surface area (Å²) in [5, 5.41) is 20.2. The van der Waals surface area contributed by atoms with E-state index in [9.17, 15) is 15.0 Å². The fourth-order valence-electron chi connectivity index (χ4n) is 4.70. The highest BCUT2D eigenvalue weighted by molar-refractivity contribution is 5.97. The van der Waals surface area contributed by atoms with Crippen molar-refractivity contribution < 1.29 is 15.0 Å². The summed E-state index contributed by atoms with van der Waals surface area (Å²) in [6, 6.07) is 8.10. The third-order valence-corrected chi connectivity index (χ3v) is 6.36. The number of hydrogen-bond donors (Lipinski definition) is 2. The van der Waals surface area contributed by atoms with Crippen molar-refractivity contribution in [3.8, 4) is 0 Å². The Hall–Kier alpha value is -1.65. The van der Waals surface area contributed by atoms with Gasteiger partial charge >= 0.3 is 0 Å². The van der Waals surface area contributed by atoms with Gasteiger partial charge in [0.25, 0.3) is 0 Å². The van der Waals surface area contributed by atoms with E-state index in [-0.39, 0.29) is 30.0 Å². The van der Waals surface area contributed by atoms with Gasteiger partial charge in [0.05, 0.1) is 13.2 Å². The summed E-state index contributed by atoms with van der Waals surface area (Å²) in [5.74, 6) is 0.00984. The van der Waals surface area contributed by atoms with Gasteiger partial charge in [-0.05, 0) is 38.3 Å². The summed E-state index contributed by atoms with van der Waals surface area (Å²) in [6.45, 7) is 5.06. The van der Waals surface area contributed by atoms with Crippen LogP contribution in [0.5, 0.6) is 0 Å². The molecule has 2 fully saturated rings. The number of aliphatic hydroxyl groups excluding tert-OH is 2. The van der Waals surface area contributed by atoms with Crippen LogP contribution < -0.4 is 0 Å². The first-order valence-corrected chi connectivity index (χ1v) is 9.21. The molecule has 1 aliphatic heterocycles. The average Bonchev–Trinajstić information content (AvgIpc) is 2.99. The molecule has 3 rings (SSSR count). The smallest absolute Gasteiger partial charge is 0.249 e. The van der Waals surface area contributed by atoms with Crippen LogP contribution in [0.2, 0.25) is 0 Å². The van der Waals surface area contributed by atoms with E-state index in [2.05, 4.69) is 0 Å². The molecule has 2 atom stereocenters. The molecule has 0 aromatic heterocycles. The largest absolute Gasteiger partial charge is 0.396 e. The van der Waals surface area contributed by atoms with Crippen LogP contribution in [-0.4, -0.2) is 47.3 Å². The second kappa shape index (κ2) is 6.93. The predicted molar refractivity (Wildman–Crippen MR) is 98.9 cm³/mol. The lowest BCUT2D eigenvalue weighted by molar-refractivity contribution is -0.126. The van der Waals surface area contributed by atoms with Crippen LogP contribution in [0.4, 0.5) is 0 Å². The van der Waals surface area contributed by atoms with Gasteiger partial charge < -0.3 is 15.1 Å². The van der Waals surface area contributed by atoms with E-state index in [0.29, 0.717) is 18.7 Å². The van der Waals surface area contributed by atoms with Crippen molar-refractivity contribution >= 4 is 12.0 Å². The Morgan fingerprint density at radius 2 is 1.60 bits per heavy atom. The van der Waals surface area contributed by atoms with Crippen molar-refractivity contribution in [2.45, 2.75) is 39.5 Å². The molecule has 2 N–H and O–H groups in total. The monoisotopic (exact) mass is 343 g/mol. The zero-order chi connectivity index (χ0) is 18.1. The number of hydrogen-bond acceptors (Lipinski definition) is 3. The zero-order valence-electron chi connectivity index (χ0n) is 15.3. The molecule has 2 aliphatic rings. The highest BCUT2D eigenvalue weighted by atomic mass is 16.3. The molecule has 25 heavy (non-hydrogen) atoms. The number of benzene rings is 1. The second-order valence-electron chi connectivity index (χ2n) is 7.98. The van der Waals surface area contributed by atoms with Crippen LogP contribution in [-0.2, 0) is 4.79 Å². The molecule has 4 heteroatoms. The first kappa shape index (κ1) is 18.2. The van der Waals surface area contributed by atoms with Gasteiger partial charge in [0.15, 0.2) is 0 Å². The first-order chi connectivity index (χ1) is 12.0. The van der Waals surface area contributed by atoms with Gasteiger partial charge in [0.2, 0.25) is 5.91 Å². The first-order valence-electron chi connectivity index (χ1n) is 9.21. The van der Waals surface area contributed by atoms with Crippen LogP contribution in [0.1, 0.15) is 43.7 Å². The lowest BCUT2D eigenvalue weighted by Gasteiger charge is -2.46. The summed E-state index contributed by atoms with van der Waals surface area (Å²) in [6.07, 6.45) is 5.80. The van der Waals surface area contributed by atoms with Crippen LogP contribution in [0, 0.1) is 17.8 Å². The molecule has 1 saturated carbocycles. The molecular weight excluding hydrogens is 314 g/mol. The number of carbonyl (C=O) groups is 1. The van der Waals surface area contributed by atoms with E-state index in [1.165, 1.54) is 5.56 Å². The van der Waals surface area contributed by atoms with Gasteiger partial charge in [-0.15, -0.1) is 0 Å². The third-order valence-electron chi connectivity index (χ3n) is 6.36. The number of fused-ring (bicyclic) bond motifs is 1. The molecule has 1 aromatic carbocycles. The molecule has 0 spiro atoms. The maximum atomic E-state index is 13.0. The van der Waals surface area contributed by atoms with Crippen molar-refractivity contribution in [1.29, 1.82) is 0 Å². The number of aliphatic hydroxyl groups is 2. The van der Waals surface area contributed by atoms with E-state index in [4.69, 9.17) is 0 Å². The van der Waals surface area contributed by atoms with Crippen molar-refractivity contribution in [1.82, 2.24) is 4.90 Å². The highest BCUT2D eigenvalue weighted by Crippen LogP contribution is 2.55. The Balaban J connectivity index is 1.82.